The normalized spacial score (nSPS) is 12.9. The summed E-state index contributed by atoms with van der Waals surface area (Å²) in [7, 11) is 0. The molecule has 0 aliphatic heterocycles. The molecular formula is C12H19N3. The Morgan fingerprint density at radius 2 is 1.93 bits per heavy atom. The van der Waals surface area contributed by atoms with Gasteiger partial charge in [-0.15, -0.1) is 0 Å². The molecule has 0 N–H and O–H groups in total. The zero-order chi connectivity index (χ0) is 11.2. The van der Waals surface area contributed by atoms with Crippen LogP contribution >= 0.6 is 0 Å². The summed E-state index contributed by atoms with van der Waals surface area (Å²) in [5.41, 5.74) is 1.14. The summed E-state index contributed by atoms with van der Waals surface area (Å²) >= 11 is 0. The fourth-order valence-corrected chi connectivity index (χ4v) is 1.69. The molecule has 0 aliphatic carbocycles. The van der Waals surface area contributed by atoms with Crippen LogP contribution < -0.4 is 0 Å². The molecule has 0 saturated carbocycles. The molecule has 0 aromatic carbocycles. The smallest absolute Gasteiger partial charge is 0.162 e. The van der Waals surface area contributed by atoms with Crippen molar-refractivity contribution in [1.29, 1.82) is 0 Å². The van der Waals surface area contributed by atoms with Gasteiger partial charge in [0.15, 0.2) is 5.65 Å². The summed E-state index contributed by atoms with van der Waals surface area (Å²) in [5, 5.41) is 5.87. The van der Waals surface area contributed by atoms with Crippen LogP contribution in [0.5, 0.6) is 0 Å². The van der Waals surface area contributed by atoms with Crippen molar-refractivity contribution in [3.63, 3.8) is 0 Å². The highest BCUT2D eigenvalue weighted by molar-refractivity contribution is 5.75. The molecule has 0 radical (unpaired) electrons. The monoisotopic (exact) mass is 205 g/mol. The van der Waals surface area contributed by atoms with Crippen LogP contribution in [-0.4, -0.2) is 14.3 Å². The van der Waals surface area contributed by atoms with Crippen LogP contribution in [0.25, 0.3) is 11.0 Å². The second-order valence-corrected chi connectivity index (χ2v) is 5.34. The molecule has 2 rings (SSSR count). The van der Waals surface area contributed by atoms with Crippen LogP contribution in [0, 0.1) is 0 Å². The van der Waals surface area contributed by atoms with E-state index in [1.54, 1.807) is 0 Å². The van der Waals surface area contributed by atoms with E-state index in [1.165, 1.54) is 5.39 Å². The lowest BCUT2D eigenvalue weighted by molar-refractivity contribution is 0.356. The third kappa shape index (κ3) is 1.66. The predicted octanol–water partition coefficient (Wildman–Crippen LogP) is 3.17. The molecule has 0 aliphatic rings. The van der Waals surface area contributed by atoms with Crippen LogP contribution in [0.3, 0.4) is 0 Å². The zero-order valence-corrected chi connectivity index (χ0v) is 10.2. The first-order valence-electron chi connectivity index (χ1n) is 5.46. The third-order valence-corrected chi connectivity index (χ3v) is 2.62. The lowest BCUT2D eigenvalue weighted by Gasteiger charge is -2.18. The van der Waals surface area contributed by atoms with Crippen molar-refractivity contribution in [2.45, 2.75) is 46.2 Å². The van der Waals surface area contributed by atoms with Gasteiger partial charge in [-0.2, -0.15) is 5.10 Å². The van der Waals surface area contributed by atoms with Crippen LogP contribution in [0.15, 0.2) is 18.5 Å². The quantitative estimate of drug-likeness (QED) is 0.701. The summed E-state index contributed by atoms with van der Waals surface area (Å²) < 4.78 is 4.24. The second-order valence-electron chi connectivity index (χ2n) is 5.34. The van der Waals surface area contributed by atoms with Crippen molar-refractivity contribution in [3.8, 4) is 0 Å². The van der Waals surface area contributed by atoms with Gasteiger partial charge in [-0.1, -0.05) is 0 Å². The van der Waals surface area contributed by atoms with Gasteiger partial charge in [-0.3, -0.25) is 4.68 Å². The second kappa shape index (κ2) is 3.12. The van der Waals surface area contributed by atoms with Crippen molar-refractivity contribution < 1.29 is 0 Å². The molecule has 15 heavy (non-hydrogen) atoms. The van der Waals surface area contributed by atoms with Gasteiger partial charge in [0.25, 0.3) is 0 Å². The minimum atomic E-state index is 0.0564. The van der Waals surface area contributed by atoms with Crippen LogP contribution in [0.4, 0.5) is 0 Å². The average Bonchev–Trinajstić information content (AvgIpc) is 2.56. The Labute approximate surface area is 90.7 Å². The largest absolute Gasteiger partial charge is 0.329 e. The molecule has 82 valence electrons. The fraction of sp³-hybridized carbons (Fsp3) is 0.583. The fourth-order valence-electron chi connectivity index (χ4n) is 1.69. The number of aromatic nitrogens is 3. The molecule has 3 heteroatoms. The SMILES string of the molecule is CC(C)n1ccc2cn(C(C)(C)C)nc21. The Bertz CT molecular complexity index is 468. The maximum absolute atomic E-state index is 4.64. The lowest BCUT2D eigenvalue weighted by Crippen LogP contribution is -2.22. The van der Waals surface area contributed by atoms with E-state index in [-0.39, 0.29) is 5.54 Å². The Morgan fingerprint density at radius 1 is 1.27 bits per heavy atom. The van der Waals surface area contributed by atoms with Crippen molar-refractivity contribution in [3.05, 3.63) is 18.5 Å². The highest BCUT2D eigenvalue weighted by Crippen LogP contribution is 2.22. The predicted molar refractivity (Wildman–Crippen MR) is 63.1 cm³/mol. The number of nitrogens with zero attached hydrogens (tertiary/aromatic N) is 3. The van der Waals surface area contributed by atoms with E-state index in [0.29, 0.717) is 6.04 Å². The topological polar surface area (TPSA) is 22.8 Å². The third-order valence-electron chi connectivity index (χ3n) is 2.62. The molecule has 3 nitrogen and oxygen atoms in total. The van der Waals surface area contributed by atoms with Gasteiger partial charge in [0.2, 0.25) is 0 Å². The number of hydrogen-bond donors (Lipinski definition) is 0. The first-order valence-corrected chi connectivity index (χ1v) is 5.46. The highest BCUT2D eigenvalue weighted by Gasteiger charge is 2.16. The summed E-state index contributed by atoms with van der Waals surface area (Å²) in [6.07, 6.45) is 4.23. The zero-order valence-electron chi connectivity index (χ0n) is 10.2. The Hall–Kier alpha value is -1.25. The minimum absolute atomic E-state index is 0.0564. The van der Waals surface area contributed by atoms with Crippen LogP contribution in [0.1, 0.15) is 40.7 Å². The van der Waals surface area contributed by atoms with E-state index >= 15 is 0 Å². The highest BCUT2D eigenvalue weighted by atomic mass is 15.3. The van der Waals surface area contributed by atoms with E-state index in [1.807, 2.05) is 4.68 Å². The van der Waals surface area contributed by atoms with E-state index in [2.05, 4.69) is 62.7 Å². The van der Waals surface area contributed by atoms with Crippen molar-refractivity contribution in [2.75, 3.05) is 0 Å². The molecule has 0 unspecified atom stereocenters. The first kappa shape index (κ1) is 10.3. The molecule has 0 saturated heterocycles. The Kier molecular flexibility index (Phi) is 2.14. The van der Waals surface area contributed by atoms with Crippen molar-refractivity contribution >= 4 is 11.0 Å². The molecule has 0 fully saturated rings. The summed E-state index contributed by atoms with van der Waals surface area (Å²) in [4.78, 5) is 0. The molecule has 2 heterocycles. The molecule has 0 atom stereocenters. The number of rotatable bonds is 1. The number of hydrogen-bond acceptors (Lipinski definition) is 1. The van der Waals surface area contributed by atoms with Gasteiger partial charge in [-0.05, 0) is 40.7 Å². The molecule has 0 bridgehead atoms. The molecular weight excluding hydrogens is 186 g/mol. The van der Waals surface area contributed by atoms with Crippen LogP contribution in [0.2, 0.25) is 0 Å². The van der Waals surface area contributed by atoms with Crippen molar-refractivity contribution in [2.24, 2.45) is 0 Å². The lowest BCUT2D eigenvalue weighted by atomic mass is 10.1. The summed E-state index contributed by atoms with van der Waals surface area (Å²) in [6.45, 7) is 10.8. The Morgan fingerprint density at radius 3 is 2.47 bits per heavy atom. The summed E-state index contributed by atoms with van der Waals surface area (Å²) in [6, 6.07) is 2.59. The maximum atomic E-state index is 4.64. The van der Waals surface area contributed by atoms with E-state index in [4.69, 9.17) is 0 Å². The van der Waals surface area contributed by atoms with Gasteiger partial charge in [0.05, 0.1) is 5.54 Å². The molecule has 2 aromatic heterocycles. The van der Waals surface area contributed by atoms with E-state index in [0.717, 1.165) is 5.65 Å². The van der Waals surface area contributed by atoms with Gasteiger partial charge in [0, 0.05) is 23.8 Å². The van der Waals surface area contributed by atoms with Crippen LogP contribution in [-0.2, 0) is 5.54 Å². The maximum Gasteiger partial charge on any atom is 0.162 e. The van der Waals surface area contributed by atoms with Gasteiger partial charge < -0.3 is 4.57 Å². The average molecular weight is 205 g/mol. The van der Waals surface area contributed by atoms with Crippen molar-refractivity contribution in [1.82, 2.24) is 14.3 Å². The van der Waals surface area contributed by atoms with Gasteiger partial charge in [-0.25, -0.2) is 0 Å². The van der Waals surface area contributed by atoms with E-state index in [9.17, 15) is 0 Å². The molecule has 0 amide bonds. The van der Waals surface area contributed by atoms with Gasteiger partial charge >= 0.3 is 0 Å². The standard InChI is InChI=1S/C12H19N3/c1-9(2)14-7-6-10-8-15(12(3,4)5)13-11(10)14/h6-9H,1-5H3. The Balaban J connectivity index is 2.57. The van der Waals surface area contributed by atoms with Gasteiger partial charge in [0.1, 0.15) is 0 Å². The minimum Gasteiger partial charge on any atom is -0.329 e. The molecule has 2 aromatic rings. The summed E-state index contributed by atoms with van der Waals surface area (Å²) in [5.74, 6) is 0. The van der Waals surface area contributed by atoms with E-state index < -0.39 is 0 Å². The molecule has 0 spiro atoms. The number of fused-ring (bicyclic) bond motifs is 1. The first-order chi connectivity index (χ1) is 6.89.